The van der Waals surface area contributed by atoms with E-state index in [1.807, 2.05) is 6.07 Å². The molecule has 4 nitrogen and oxygen atoms in total. The highest BCUT2D eigenvalue weighted by Gasteiger charge is 2.24. The Labute approximate surface area is 71.3 Å². The molecule has 0 aliphatic carbocycles. The summed E-state index contributed by atoms with van der Waals surface area (Å²) < 4.78 is 0. The van der Waals surface area contributed by atoms with Gasteiger partial charge in [-0.15, -0.1) is 0 Å². The van der Waals surface area contributed by atoms with Crippen LogP contribution in [0.3, 0.4) is 0 Å². The van der Waals surface area contributed by atoms with Crippen molar-refractivity contribution in [3.8, 4) is 6.07 Å². The summed E-state index contributed by atoms with van der Waals surface area (Å²) in [6.45, 7) is 0.754. The molecule has 0 spiro atoms. The van der Waals surface area contributed by atoms with Crippen molar-refractivity contribution in [2.24, 2.45) is 10.9 Å². The minimum atomic E-state index is -0.669. The van der Waals surface area contributed by atoms with Crippen molar-refractivity contribution < 1.29 is 4.79 Å². The van der Waals surface area contributed by atoms with Gasteiger partial charge < -0.3 is 5.32 Å². The van der Waals surface area contributed by atoms with Crippen molar-refractivity contribution >= 4 is 11.6 Å². The molecule has 1 rings (SSSR count). The summed E-state index contributed by atoms with van der Waals surface area (Å²) >= 11 is 0. The summed E-state index contributed by atoms with van der Waals surface area (Å²) in [4.78, 5) is 15.2. The van der Waals surface area contributed by atoms with Crippen LogP contribution in [-0.4, -0.2) is 25.2 Å². The molecule has 0 bridgehead atoms. The topological polar surface area (TPSA) is 65.2 Å². The van der Waals surface area contributed by atoms with Crippen LogP contribution in [0.15, 0.2) is 4.99 Å². The van der Waals surface area contributed by atoms with Crippen molar-refractivity contribution in [3.05, 3.63) is 0 Å². The molecule has 0 aromatic carbocycles. The van der Waals surface area contributed by atoms with Gasteiger partial charge in [-0.1, -0.05) is 0 Å². The third-order valence-corrected chi connectivity index (χ3v) is 1.88. The Hall–Kier alpha value is -1.37. The van der Waals surface area contributed by atoms with Crippen molar-refractivity contribution in [1.82, 2.24) is 5.32 Å². The largest absolute Gasteiger partial charge is 0.358 e. The molecular weight excluding hydrogens is 154 g/mol. The maximum Gasteiger partial charge on any atom is 0.242 e. The monoisotopic (exact) mass is 165 g/mol. The lowest BCUT2D eigenvalue weighted by Gasteiger charge is -2.05. The Morgan fingerprint density at radius 3 is 3.00 bits per heavy atom. The Morgan fingerprint density at radius 1 is 1.83 bits per heavy atom. The predicted octanol–water partition coefficient (Wildman–Crippen LogP) is 0.107. The van der Waals surface area contributed by atoms with Crippen LogP contribution in [0.25, 0.3) is 0 Å². The lowest BCUT2D eigenvalue weighted by Crippen LogP contribution is -2.31. The first-order valence-corrected chi connectivity index (χ1v) is 3.94. The summed E-state index contributed by atoms with van der Waals surface area (Å²) in [5, 5.41) is 11.1. The van der Waals surface area contributed by atoms with E-state index >= 15 is 0 Å². The first-order chi connectivity index (χ1) is 5.79. The molecule has 0 aromatic rings. The van der Waals surface area contributed by atoms with Crippen molar-refractivity contribution in [2.75, 3.05) is 13.6 Å². The fourth-order valence-corrected chi connectivity index (χ4v) is 1.23. The SMILES string of the molecule is CNC(=O)[C@@H](C#N)C1=NCCC1. The molecule has 64 valence electrons. The summed E-state index contributed by atoms with van der Waals surface area (Å²) in [6, 6.07) is 1.95. The Morgan fingerprint density at radius 2 is 2.58 bits per heavy atom. The molecule has 1 aliphatic rings. The maximum atomic E-state index is 11.1. The number of nitrogens with one attached hydrogen (secondary N) is 1. The molecule has 1 atom stereocenters. The van der Waals surface area contributed by atoms with Crippen LogP contribution < -0.4 is 5.32 Å². The molecule has 0 unspecified atom stereocenters. The maximum absolute atomic E-state index is 11.1. The van der Waals surface area contributed by atoms with Crippen LogP contribution >= 0.6 is 0 Å². The van der Waals surface area contributed by atoms with E-state index in [1.54, 1.807) is 0 Å². The average Bonchev–Trinajstić information content (AvgIpc) is 2.58. The second-order valence-corrected chi connectivity index (χ2v) is 2.65. The number of carbonyl (C=O) groups excluding carboxylic acids is 1. The number of aliphatic imine (C=N–C) groups is 1. The Bertz CT molecular complexity index is 252. The van der Waals surface area contributed by atoms with Gasteiger partial charge in [0.15, 0.2) is 5.92 Å². The molecule has 1 heterocycles. The van der Waals surface area contributed by atoms with Crippen LogP contribution in [0, 0.1) is 17.2 Å². The number of nitrogens with zero attached hydrogens (tertiary/aromatic N) is 2. The number of hydrogen-bond acceptors (Lipinski definition) is 3. The van der Waals surface area contributed by atoms with E-state index in [-0.39, 0.29) is 5.91 Å². The standard InChI is InChI=1S/C8H11N3O/c1-10-8(12)6(5-9)7-3-2-4-11-7/h6H,2-4H2,1H3,(H,10,12)/t6-/m0/s1. The zero-order chi connectivity index (χ0) is 8.97. The first-order valence-electron chi connectivity index (χ1n) is 3.94. The van der Waals surface area contributed by atoms with Crippen molar-refractivity contribution in [3.63, 3.8) is 0 Å². The van der Waals surface area contributed by atoms with E-state index in [2.05, 4.69) is 10.3 Å². The van der Waals surface area contributed by atoms with Gasteiger partial charge in [-0.3, -0.25) is 9.79 Å². The molecule has 0 saturated heterocycles. The molecule has 1 N–H and O–H groups in total. The number of carbonyl (C=O) groups is 1. The van der Waals surface area contributed by atoms with Gasteiger partial charge in [-0.05, 0) is 12.8 Å². The fourth-order valence-electron chi connectivity index (χ4n) is 1.23. The molecule has 1 aliphatic heterocycles. The molecule has 1 amide bonds. The molecule has 4 heteroatoms. The highest BCUT2D eigenvalue weighted by molar-refractivity contribution is 6.07. The molecule has 12 heavy (non-hydrogen) atoms. The van der Waals surface area contributed by atoms with E-state index in [9.17, 15) is 4.79 Å². The van der Waals surface area contributed by atoms with E-state index in [1.165, 1.54) is 7.05 Å². The van der Waals surface area contributed by atoms with Crippen LogP contribution in [-0.2, 0) is 4.79 Å². The molecule has 0 saturated carbocycles. The molecule has 0 fully saturated rings. The van der Waals surface area contributed by atoms with E-state index in [4.69, 9.17) is 5.26 Å². The van der Waals surface area contributed by atoms with E-state index in [0.29, 0.717) is 0 Å². The zero-order valence-corrected chi connectivity index (χ0v) is 7.00. The van der Waals surface area contributed by atoms with E-state index < -0.39 is 5.92 Å². The number of hydrogen-bond donors (Lipinski definition) is 1. The molecular formula is C8H11N3O. The van der Waals surface area contributed by atoms with Gasteiger partial charge in [0.1, 0.15) is 0 Å². The smallest absolute Gasteiger partial charge is 0.242 e. The minimum Gasteiger partial charge on any atom is -0.358 e. The van der Waals surface area contributed by atoms with Gasteiger partial charge >= 0.3 is 0 Å². The summed E-state index contributed by atoms with van der Waals surface area (Å²) in [6.07, 6.45) is 1.75. The fraction of sp³-hybridized carbons (Fsp3) is 0.625. The number of rotatable bonds is 2. The lowest BCUT2D eigenvalue weighted by molar-refractivity contribution is -0.121. The van der Waals surface area contributed by atoms with Gasteiger partial charge in [-0.2, -0.15) is 5.26 Å². The summed E-state index contributed by atoms with van der Waals surface area (Å²) in [5.41, 5.74) is 0.733. The zero-order valence-electron chi connectivity index (χ0n) is 7.00. The van der Waals surface area contributed by atoms with Crippen LogP contribution in [0.5, 0.6) is 0 Å². The van der Waals surface area contributed by atoms with Crippen LogP contribution in [0.1, 0.15) is 12.8 Å². The van der Waals surface area contributed by atoms with E-state index in [0.717, 1.165) is 25.1 Å². The highest BCUT2D eigenvalue weighted by Crippen LogP contribution is 2.12. The van der Waals surface area contributed by atoms with Crippen LogP contribution in [0.4, 0.5) is 0 Å². The highest BCUT2D eigenvalue weighted by atomic mass is 16.1. The number of nitriles is 1. The Balaban J connectivity index is 2.69. The lowest BCUT2D eigenvalue weighted by atomic mass is 10.0. The quantitative estimate of drug-likeness (QED) is 0.631. The molecule has 0 radical (unpaired) electrons. The van der Waals surface area contributed by atoms with Gasteiger partial charge in [0.2, 0.25) is 5.91 Å². The third-order valence-electron chi connectivity index (χ3n) is 1.88. The van der Waals surface area contributed by atoms with Crippen molar-refractivity contribution in [1.29, 1.82) is 5.26 Å². The average molecular weight is 165 g/mol. The van der Waals surface area contributed by atoms with Crippen LogP contribution in [0.2, 0.25) is 0 Å². The number of amides is 1. The summed E-state index contributed by atoms with van der Waals surface area (Å²) in [5.74, 6) is -0.921. The van der Waals surface area contributed by atoms with Gasteiger partial charge in [0.05, 0.1) is 6.07 Å². The van der Waals surface area contributed by atoms with Gasteiger partial charge in [0.25, 0.3) is 0 Å². The third kappa shape index (κ3) is 1.62. The van der Waals surface area contributed by atoms with Gasteiger partial charge in [-0.25, -0.2) is 0 Å². The van der Waals surface area contributed by atoms with Crippen molar-refractivity contribution in [2.45, 2.75) is 12.8 Å². The molecule has 0 aromatic heterocycles. The normalized spacial score (nSPS) is 17.8. The summed E-state index contributed by atoms with van der Waals surface area (Å²) in [7, 11) is 1.53. The first kappa shape index (κ1) is 8.72. The second kappa shape index (κ2) is 3.86. The Kier molecular flexibility index (Phi) is 2.81. The second-order valence-electron chi connectivity index (χ2n) is 2.65. The van der Waals surface area contributed by atoms with Gasteiger partial charge in [0, 0.05) is 19.3 Å². The predicted molar refractivity (Wildman–Crippen MR) is 44.7 cm³/mol. The minimum absolute atomic E-state index is 0.252.